The zero-order valence-corrected chi connectivity index (χ0v) is 14.1. The summed E-state index contributed by atoms with van der Waals surface area (Å²) in [5, 5.41) is 4.97. The summed E-state index contributed by atoms with van der Waals surface area (Å²) < 4.78 is 7.53. The van der Waals surface area contributed by atoms with Crippen LogP contribution in [0.4, 0.5) is 0 Å². The van der Waals surface area contributed by atoms with Gasteiger partial charge in [0.05, 0.1) is 18.5 Å². The second-order valence-corrected chi connectivity index (χ2v) is 6.93. The molecule has 0 fully saturated rings. The molecule has 0 saturated heterocycles. The summed E-state index contributed by atoms with van der Waals surface area (Å²) in [7, 11) is 1.71. The summed E-state index contributed by atoms with van der Waals surface area (Å²) in [5.41, 5.74) is 5.30. The van der Waals surface area contributed by atoms with Crippen molar-refractivity contribution in [1.29, 1.82) is 0 Å². The quantitative estimate of drug-likeness (QED) is 0.845. The Morgan fingerprint density at radius 1 is 1.36 bits per heavy atom. The molecule has 118 valence electrons. The van der Waals surface area contributed by atoms with Crippen LogP contribution >= 0.6 is 0 Å². The molecule has 3 nitrogen and oxygen atoms in total. The fraction of sp³-hybridized carbons (Fsp3) is 0.526. The van der Waals surface area contributed by atoms with Gasteiger partial charge in [0.2, 0.25) is 0 Å². The van der Waals surface area contributed by atoms with Gasteiger partial charge in [0.25, 0.3) is 0 Å². The molecular formula is C19H26N2O. The fourth-order valence-electron chi connectivity index (χ4n) is 3.36. The molecule has 3 rings (SSSR count). The van der Waals surface area contributed by atoms with E-state index < -0.39 is 0 Å². The minimum atomic E-state index is 0.636. The van der Waals surface area contributed by atoms with E-state index in [1.807, 2.05) is 12.1 Å². The number of fused-ring (bicyclic) bond motifs is 1. The monoisotopic (exact) mass is 298 g/mol. The number of ether oxygens (including phenoxy) is 1. The Morgan fingerprint density at radius 3 is 2.91 bits per heavy atom. The van der Waals surface area contributed by atoms with Crippen molar-refractivity contribution in [3.05, 3.63) is 41.2 Å². The summed E-state index contributed by atoms with van der Waals surface area (Å²) in [6.07, 6.45) is 4.63. The van der Waals surface area contributed by atoms with Crippen molar-refractivity contribution in [3.63, 3.8) is 0 Å². The standard InChI is InChI=1S/C19H26N2O/c1-13(2)10-18-17-9-8-14(3)11-19(17)21(20-18)15-6-5-7-16(12-15)22-4/h5-7,12-14H,8-11H2,1-4H3. The number of methoxy groups -OCH3 is 1. The third kappa shape index (κ3) is 2.90. The molecule has 1 heterocycles. The van der Waals surface area contributed by atoms with Crippen molar-refractivity contribution in [1.82, 2.24) is 9.78 Å². The normalized spacial score (nSPS) is 17.6. The third-order valence-corrected chi connectivity index (χ3v) is 4.50. The van der Waals surface area contributed by atoms with E-state index in [4.69, 9.17) is 9.84 Å². The van der Waals surface area contributed by atoms with Crippen LogP contribution in [0.2, 0.25) is 0 Å². The van der Waals surface area contributed by atoms with Crippen molar-refractivity contribution in [3.8, 4) is 11.4 Å². The zero-order valence-electron chi connectivity index (χ0n) is 14.1. The second kappa shape index (κ2) is 6.15. The van der Waals surface area contributed by atoms with Gasteiger partial charge in [-0.15, -0.1) is 0 Å². The van der Waals surface area contributed by atoms with Crippen LogP contribution in [0.1, 0.15) is 44.1 Å². The van der Waals surface area contributed by atoms with Crippen LogP contribution < -0.4 is 4.74 Å². The van der Waals surface area contributed by atoms with E-state index in [-0.39, 0.29) is 0 Å². The van der Waals surface area contributed by atoms with Gasteiger partial charge < -0.3 is 4.74 Å². The Kier molecular flexibility index (Phi) is 4.23. The molecule has 1 unspecified atom stereocenters. The molecule has 1 aliphatic carbocycles. The van der Waals surface area contributed by atoms with Crippen LogP contribution in [0.15, 0.2) is 24.3 Å². The largest absolute Gasteiger partial charge is 0.497 e. The molecule has 0 spiro atoms. The molecule has 0 radical (unpaired) electrons. The minimum Gasteiger partial charge on any atom is -0.497 e. The molecule has 0 saturated carbocycles. The van der Waals surface area contributed by atoms with Crippen molar-refractivity contribution < 1.29 is 4.74 Å². The van der Waals surface area contributed by atoms with Gasteiger partial charge in [-0.2, -0.15) is 5.10 Å². The average molecular weight is 298 g/mol. The third-order valence-electron chi connectivity index (χ3n) is 4.50. The van der Waals surface area contributed by atoms with E-state index in [2.05, 4.69) is 37.6 Å². The highest BCUT2D eigenvalue weighted by Gasteiger charge is 2.25. The molecule has 1 aromatic carbocycles. The Bertz CT molecular complexity index is 657. The van der Waals surface area contributed by atoms with Crippen LogP contribution in [0.3, 0.4) is 0 Å². The van der Waals surface area contributed by atoms with Gasteiger partial charge in [-0.3, -0.25) is 0 Å². The summed E-state index contributed by atoms with van der Waals surface area (Å²) in [5.74, 6) is 2.26. The van der Waals surface area contributed by atoms with E-state index >= 15 is 0 Å². The smallest absolute Gasteiger partial charge is 0.121 e. The molecule has 0 N–H and O–H groups in total. The second-order valence-electron chi connectivity index (χ2n) is 6.93. The molecule has 2 aromatic rings. The average Bonchev–Trinajstić information content (AvgIpc) is 2.84. The van der Waals surface area contributed by atoms with E-state index in [0.29, 0.717) is 5.92 Å². The van der Waals surface area contributed by atoms with Crippen molar-refractivity contribution in [2.45, 2.75) is 46.5 Å². The van der Waals surface area contributed by atoms with E-state index in [1.54, 1.807) is 7.11 Å². The molecule has 1 atom stereocenters. The van der Waals surface area contributed by atoms with Crippen LogP contribution in [0.25, 0.3) is 5.69 Å². The van der Waals surface area contributed by atoms with Gasteiger partial charge >= 0.3 is 0 Å². The lowest BCUT2D eigenvalue weighted by Gasteiger charge is -2.20. The highest BCUT2D eigenvalue weighted by Crippen LogP contribution is 2.31. The first-order valence-corrected chi connectivity index (χ1v) is 8.32. The lowest BCUT2D eigenvalue weighted by atomic mass is 9.87. The van der Waals surface area contributed by atoms with Crippen molar-refractivity contribution in [2.24, 2.45) is 11.8 Å². The minimum absolute atomic E-state index is 0.636. The predicted octanol–water partition coefficient (Wildman–Crippen LogP) is 4.20. The highest BCUT2D eigenvalue weighted by molar-refractivity contribution is 5.43. The van der Waals surface area contributed by atoms with Crippen molar-refractivity contribution >= 4 is 0 Å². The summed E-state index contributed by atoms with van der Waals surface area (Å²) >= 11 is 0. The first kappa shape index (κ1) is 15.1. The number of hydrogen-bond donors (Lipinski definition) is 0. The molecule has 22 heavy (non-hydrogen) atoms. The van der Waals surface area contributed by atoms with E-state index in [0.717, 1.165) is 30.2 Å². The number of benzene rings is 1. The maximum atomic E-state index is 5.37. The fourth-order valence-corrected chi connectivity index (χ4v) is 3.36. The van der Waals surface area contributed by atoms with Crippen LogP contribution in [-0.4, -0.2) is 16.9 Å². The molecule has 3 heteroatoms. The maximum Gasteiger partial charge on any atom is 0.121 e. The van der Waals surface area contributed by atoms with Crippen LogP contribution in [0.5, 0.6) is 5.75 Å². The topological polar surface area (TPSA) is 27.1 Å². The summed E-state index contributed by atoms with van der Waals surface area (Å²) in [6, 6.07) is 8.22. The highest BCUT2D eigenvalue weighted by atomic mass is 16.5. The molecule has 0 aliphatic heterocycles. The predicted molar refractivity (Wildman–Crippen MR) is 89.8 cm³/mol. The first-order chi connectivity index (χ1) is 10.6. The van der Waals surface area contributed by atoms with Gasteiger partial charge in [-0.25, -0.2) is 4.68 Å². The van der Waals surface area contributed by atoms with Crippen molar-refractivity contribution in [2.75, 3.05) is 7.11 Å². The first-order valence-electron chi connectivity index (χ1n) is 8.32. The number of nitrogens with zero attached hydrogens (tertiary/aromatic N) is 2. The van der Waals surface area contributed by atoms with E-state index in [9.17, 15) is 0 Å². The summed E-state index contributed by atoms with van der Waals surface area (Å²) in [6.45, 7) is 6.87. The SMILES string of the molecule is COc1cccc(-n2nc(CC(C)C)c3c2CC(C)CC3)c1. The maximum absolute atomic E-state index is 5.37. The van der Waals surface area contributed by atoms with Gasteiger partial charge in [-0.05, 0) is 55.2 Å². The van der Waals surface area contributed by atoms with E-state index in [1.165, 1.54) is 29.8 Å². The van der Waals surface area contributed by atoms with Gasteiger partial charge in [-0.1, -0.05) is 26.8 Å². The number of aromatic nitrogens is 2. The lowest BCUT2D eigenvalue weighted by molar-refractivity contribution is 0.414. The Hall–Kier alpha value is -1.77. The Labute approximate surface area is 133 Å². The van der Waals surface area contributed by atoms with Gasteiger partial charge in [0.15, 0.2) is 0 Å². The van der Waals surface area contributed by atoms with Gasteiger partial charge in [0.1, 0.15) is 5.75 Å². The van der Waals surface area contributed by atoms with Gasteiger partial charge in [0, 0.05) is 11.8 Å². The Balaban J connectivity index is 2.08. The molecule has 0 bridgehead atoms. The summed E-state index contributed by atoms with van der Waals surface area (Å²) in [4.78, 5) is 0. The van der Waals surface area contributed by atoms with Crippen LogP contribution in [0, 0.1) is 11.8 Å². The van der Waals surface area contributed by atoms with Crippen LogP contribution in [-0.2, 0) is 19.3 Å². The number of rotatable bonds is 4. The lowest BCUT2D eigenvalue weighted by Crippen LogP contribution is -2.14. The molecule has 1 aliphatic rings. The molecular weight excluding hydrogens is 272 g/mol. The molecule has 0 amide bonds. The molecule has 1 aromatic heterocycles. The number of hydrogen-bond acceptors (Lipinski definition) is 2. The zero-order chi connectivity index (χ0) is 15.7. The Morgan fingerprint density at radius 2 is 2.18 bits per heavy atom.